The molecule has 0 heterocycles. The minimum absolute atomic E-state index is 0.338. The zero-order valence-electron chi connectivity index (χ0n) is 12.1. The zero-order chi connectivity index (χ0) is 15.1. The van der Waals surface area contributed by atoms with Crippen molar-refractivity contribution in [2.45, 2.75) is 33.2 Å². The summed E-state index contributed by atoms with van der Waals surface area (Å²) in [4.78, 5) is 22.9. The van der Waals surface area contributed by atoms with Gasteiger partial charge >= 0.3 is 5.97 Å². The average Bonchev–Trinajstić information content (AvgIpc) is 2.42. The molecule has 1 aromatic carbocycles. The van der Waals surface area contributed by atoms with Gasteiger partial charge in [0.25, 0.3) is 5.91 Å². The summed E-state index contributed by atoms with van der Waals surface area (Å²) < 4.78 is 5.54. The fraction of sp³-hybridized carbons (Fsp3) is 0.467. The molecular weight excluding hydrogens is 258 g/mol. The van der Waals surface area contributed by atoms with E-state index in [4.69, 9.17) is 9.84 Å². The molecule has 1 rings (SSSR count). The van der Waals surface area contributed by atoms with Crippen LogP contribution >= 0.6 is 0 Å². The fourth-order valence-corrected chi connectivity index (χ4v) is 1.57. The van der Waals surface area contributed by atoms with Crippen molar-refractivity contribution in [1.82, 2.24) is 5.32 Å². The van der Waals surface area contributed by atoms with Crippen molar-refractivity contribution in [1.29, 1.82) is 0 Å². The predicted octanol–water partition coefficient (Wildman–Crippen LogP) is 2.31. The molecule has 0 saturated carbocycles. The number of carboxylic acid groups (broad SMARTS) is 1. The van der Waals surface area contributed by atoms with Crippen molar-refractivity contribution < 1.29 is 19.4 Å². The molecule has 1 unspecified atom stereocenters. The number of ether oxygens (including phenoxy) is 1. The van der Waals surface area contributed by atoms with Crippen LogP contribution in [0.15, 0.2) is 24.3 Å². The van der Waals surface area contributed by atoms with Gasteiger partial charge in [-0.1, -0.05) is 26.8 Å². The van der Waals surface area contributed by atoms with Crippen molar-refractivity contribution in [2.24, 2.45) is 5.92 Å². The van der Waals surface area contributed by atoms with E-state index in [9.17, 15) is 9.59 Å². The molecular formula is C15H21NO4. The molecule has 0 aliphatic heterocycles. The summed E-state index contributed by atoms with van der Waals surface area (Å²) >= 11 is 0. The molecule has 0 fully saturated rings. The minimum atomic E-state index is -1.03. The van der Waals surface area contributed by atoms with Gasteiger partial charge in [-0.25, -0.2) is 4.79 Å². The lowest BCUT2D eigenvalue weighted by Gasteiger charge is -2.13. The Morgan fingerprint density at radius 2 is 2.05 bits per heavy atom. The van der Waals surface area contributed by atoms with Gasteiger partial charge < -0.3 is 15.2 Å². The van der Waals surface area contributed by atoms with Crippen molar-refractivity contribution >= 4 is 11.9 Å². The summed E-state index contributed by atoms with van der Waals surface area (Å²) in [7, 11) is 0. The largest absolute Gasteiger partial charge is 0.493 e. The second kappa shape index (κ2) is 7.53. The molecule has 0 spiro atoms. The van der Waals surface area contributed by atoms with Gasteiger partial charge in [-0.3, -0.25) is 4.79 Å². The van der Waals surface area contributed by atoms with Crippen LogP contribution in [0.4, 0.5) is 0 Å². The van der Waals surface area contributed by atoms with Gasteiger partial charge in [0.2, 0.25) is 0 Å². The second-order valence-corrected chi connectivity index (χ2v) is 5.01. The zero-order valence-corrected chi connectivity index (χ0v) is 12.1. The van der Waals surface area contributed by atoms with E-state index in [2.05, 4.69) is 5.32 Å². The summed E-state index contributed by atoms with van der Waals surface area (Å²) in [5.41, 5.74) is 0.394. The fourth-order valence-electron chi connectivity index (χ4n) is 1.57. The molecule has 1 atom stereocenters. The lowest BCUT2D eigenvalue weighted by Crippen LogP contribution is -2.40. The molecule has 0 saturated heterocycles. The highest BCUT2D eigenvalue weighted by Gasteiger charge is 2.18. The van der Waals surface area contributed by atoms with E-state index in [1.54, 1.807) is 31.2 Å². The molecule has 5 nitrogen and oxygen atoms in total. The molecule has 1 amide bonds. The maximum atomic E-state index is 12.0. The van der Waals surface area contributed by atoms with E-state index < -0.39 is 17.9 Å². The van der Waals surface area contributed by atoms with Crippen LogP contribution in [0.5, 0.6) is 5.75 Å². The van der Waals surface area contributed by atoms with Crippen LogP contribution in [-0.2, 0) is 4.79 Å². The molecule has 2 N–H and O–H groups in total. The van der Waals surface area contributed by atoms with E-state index in [1.165, 1.54) is 0 Å². The summed E-state index contributed by atoms with van der Waals surface area (Å²) in [6, 6.07) is 5.86. The number of aliphatic carboxylic acids is 1. The van der Waals surface area contributed by atoms with Crippen LogP contribution in [0.3, 0.4) is 0 Å². The maximum absolute atomic E-state index is 12.0. The Balaban J connectivity index is 2.73. The highest BCUT2D eigenvalue weighted by atomic mass is 16.5. The lowest BCUT2D eigenvalue weighted by atomic mass is 10.1. The third kappa shape index (κ3) is 4.91. The Labute approximate surface area is 118 Å². The quantitative estimate of drug-likeness (QED) is 0.803. The number of rotatable bonds is 7. The highest BCUT2D eigenvalue weighted by Crippen LogP contribution is 2.14. The third-order valence-electron chi connectivity index (χ3n) is 2.69. The lowest BCUT2D eigenvalue weighted by molar-refractivity contribution is -0.139. The van der Waals surface area contributed by atoms with Gasteiger partial charge in [0, 0.05) is 5.56 Å². The van der Waals surface area contributed by atoms with Crippen molar-refractivity contribution in [2.75, 3.05) is 6.61 Å². The van der Waals surface area contributed by atoms with E-state index in [1.807, 2.05) is 13.8 Å². The number of carbonyl (C=O) groups excluding carboxylic acids is 1. The second-order valence-electron chi connectivity index (χ2n) is 5.01. The smallest absolute Gasteiger partial charge is 0.326 e. The Bertz CT molecular complexity index is 471. The van der Waals surface area contributed by atoms with Gasteiger partial charge in [-0.05, 0) is 30.5 Å². The van der Waals surface area contributed by atoms with Crippen molar-refractivity contribution in [3.05, 3.63) is 29.8 Å². The molecule has 0 radical (unpaired) electrons. The molecule has 0 aliphatic carbocycles. The van der Waals surface area contributed by atoms with E-state index in [-0.39, 0.29) is 0 Å². The number of nitrogens with one attached hydrogen (secondary N) is 1. The molecule has 1 aromatic rings. The van der Waals surface area contributed by atoms with E-state index >= 15 is 0 Å². The number of carboxylic acids is 1. The van der Waals surface area contributed by atoms with E-state index in [0.29, 0.717) is 30.3 Å². The normalized spacial score (nSPS) is 12.0. The maximum Gasteiger partial charge on any atom is 0.326 e. The number of hydrogen-bond acceptors (Lipinski definition) is 3. The summed E-state index contributed by atoms with van der Waals surface area (Å²) in [5, 5.41) is 11.4. The third-order valence-corrected chi connectivity index (χ3v) is 2.69. The number of hydrogen-bond donors (Lipinski definition) is 2. The van der Waals surface area contributed by atoms with Gasteiger partial charge in [0.1, 0.15) is 11.8 Å². The summed E-state index contributed by atoms with van der Waals surface area (Å²) in [6.07, 6.45) is 0.338. The van der Waals surface area contributed by atoms with Crippen LogP contribution in [0.25, 0.3) is 0 Å². The summed E-state index contributed by atoms with van der Waals surface area (Å²) in [6.45, 7) is 6.35. The van der Waals surface area contributed by atoms with E-state index in [0.717, 1.165) is 0 Å². The van der Waals surface area contributed by atoms with Crippen molar-refractivity contribution in [3.8, 4) is 5.75 Å². The number of benzene rings is 1. The first kappa shape index (κ1) is 16.0. The number of amides is 1. The molecule has 0 aromatic heterocycles. The van der Waals surface area contributed by atoms with Gasteiger partial charge in [-0.2, -0.15) is 0 Å². The first-order chi connectivity index (χ1) is 9.43. The molecule has 0 bridgehead atoms. The predicted molar refractivity (Wildman–Crippen MR) is 76.0 cm³/mol. The Hall–Kier alpha value is -2.04. The van der Waals surface area contributed by atoms with Gasteiger partial charge in [-0.15, -0.1) is 0 Å². The molecule has 20 heavy (non-hydrogen) atoms. The number of carbonyl (C=O) groups is 2. The Kier molecular flexibility index (Phi) is 6.03. The van der Waals surface area contributed by atoms with Gasteiger partial charge in [0.05, 0.1) is 6.61 Å². The highest BCUT2D eigenvalue weighted by molar-refractivity contribution is 5.96. The van der Waals surface area contributed by atoms with Gasteiger partial charge in [0.15, 0.2) is 0 Å². The van der Waals surface area contributed by atoms with Crippen LogP contribution in [-0.4, -0.2) is 29.6 Å². The molecule has 5 heteroatoms. The topological polar surface area (TPSA) is 75.6 Å². The van der Waals surface area contributed by atoms with Crippen LogP contribution < -0.4 is 10.1 Å². The SMILES string of the molecule is CCC(NC(=O)c1cccc(OCC(C)C)c1)C(=O)O. The Morgan fingerprint density at radius 3 is 2.60 bits per heavy atom. The van der Waals surface area contributed by atoms with Crippen LogP contribution in [0.2, 0.25) is 0 Å². The monoisotopic (exact) mass is 279 g/mol. The standard InChI is InChI=1S/C15H21NO4/c1-4-13(15(18)19)16-14(17)11-6-5-7-12(8-11)20-9-10(2)3/h5-8,10,13H,4,9H2,1-3H3,(H,16,17)(H,18,19). The first-order valence-corrected chi connectivity index (χ1v) is 6.70. The molecule has 110 valence electrons. The minimum Gasteiger partial charge on any atom is -0.493 e. The Morgan fingerprint density at radius 1 is 1.35 bits per heavy atom. The van der Waals surface area contributed by atoms with Crippen molar-refractivity contribution in [3.63, 3.8) is 0 Å². The van der Waals surface area contributed by atoms with Crippen LogP contribution in [0.1, 0.15) is 37.6 Å². The first-order valence-electron chi connectivity index (χ1n) is 6.70. The van der Waals surface area contributed by atoms with Crippen LogP contribution in [0, 0.1) is 5.92 Å². The molecule has 0 aliphatic rings. The summed E-state index contributed by atoms with van der Waals surface area (Å²) in [5.74, 6) is -0.444. The average molecular weight is 279 g/mol.